The molecule has 0 aliphatic carbocycles. The van der Waals surface area contributed by atoms with Crippen LogP contribution >= 0.6 is 0 Å². The van der Waals surface area contributed by atoms with Gasteiger partial charge in [-0.2, -0.15) is 0 Å². The normalized spacial score (nSPS) is 10.9. The molecule has 0 aliphatic heterocycles. The van der Waals surface area contributed by atoms with Crippen molar-refractivity contribution in [1.82, 2.24) is 15.0 Å². The van der Waals surface area contributed by atoms with E-state index in [-0.39, 0.29) is 0 Å². The van der Waals surface area contributed by atoms with Gasteiger partial charge in [-0.3, -0.25) is 4.99 Å². The molecule has 5 heteroatoms. The van der Waals surface area contributed by atoms with Crippen LogP contribution in [0.25, 0.3) is 5.69 Å². The van der Waals surface area contributed by atoms with Crippen molar-refractivity contribution in [2.75, 3.05) is 7.11 Å². The molecule has 104 valence electrons. The molecule has 0 aliphatic rings. The molecule has 5 nitrogen and oxygen atoms in total. The van der Waals surface area contributed by atoms with Gasteiger partial charge in [0, 0.05) is 0 Å². The number of rotatable bonds is 4. The fraction of sp³-hybridized carbons (Fsp3) is 0.0625. The van der Waals surface area contributed by atoms with E-state index in [2.05, 4.69) is 15.3 Å². The number of aliphatic imine (C=N–C) groups is 1. The van der Waals surface area contributed by atoms with Crippen molar-refractivity contribution in [3.8, 4) is 11.4 Å². The Morgan fingerprint density at radius 3 is 2.52 bits per heavy atom. The SMILES string of the molecule is COc1ccc(-n2cc(C=Nc3ccccc3)nn2)cc1. The first-order valence-corrected chi connectivity index (χ1v) is 6.51. The lowest BCUT2D eigenvalue weighted by atomic mass is 10.3. The van der Waals surface area contributed by atoms with Crippen LogP contribution in [0.2, 0.25) is 0 Å². The first kappa shape index (κ1) is 13.1. The van der Waals surface area contributed by atoms with E-state index in [4.69, 9.17) is 4.74 Å². The highest BCUT2D eigenvalue weighted by atomic mass is 16.5. The van der Waals surface area contributed by atoms with Crippen molar-refractivity contribution in [3.05, 3.63) is 66.5 Å². The van der Waals surface area contributed by atoms with Crippen molar-refractivity contribution in [3.63, 3.8) is 0 Å². The Bertz CT molecular complexity index is 732. The van der Waals surface area contributed by atoms with Crippen LogP contribution in [0, 0.1) is 0 Å². The van der Waals surface area contributed by atoms with E-state index in [0.29, 0.717) is 5.69 Å². The Labute approximate surface area is 122 Å². The van der Waals surface area contributed by atoms with Gasteiger partial charge in [-0.25, -0.2) is 4.68 Å². The molecule has 0 spiro atoms. The Kier molecular flexibility index (Phi) is 3.73. The zero-order valence-corrected chi connectivity index (χ0v) is 11.5. The molecular weight excluding hydrogens is 264 g/mol. The molecule has 0 N–H and O–H groups in total. The van der Waals surface area contributed by atoms with Crippen LogP contribution in [-0.2, 0) is 0 Å². The van der Waals surface area contributed by atoms with Crippen molar-refractivity contribution >= 4 is 11.9 Å². The highest BCUT2D eigenvalue weighted by Gasteiger charge is 2.01. The van der Waals surface area contributed by atoms with Gasteiger partial charge in [0.25, 0.3) is 0 Å². The molecule has 0 unspecified atom stereocenters. The minimum atomic E-state index is 0.703. The van der Waals surface area contributed by atoms with E-state index in [1.54, 1.807) is 18.0 Å². The summed E-state index contributed by atoms with van der Waals surface area (Å²) >= 11 is 0. The fourth-order valence-corrected chi connectivity index (χ4v) is 1.85. The number of aromatic nitrogens is 3. The summed E-state index contributed by atoms with van der Waals surface area (Å²) in [4.78, 5) is 4.35. The minimum Gasteiger partial charge on any atom is -0.497 e. The second-order valence-corrected chi connectivity index (χ2v) is 4.38. The Morgan fingerprint density at radius 1 is 1.05 bits per heavy atom. The maximum absolute atomic E-state index is 5.13. The highest BCUT2D eigenvalue weighted by molar-refractivity contribution is 5.79. The third-order valence-corrected chi connectivity index (χ3v) is 2.95. The van der Waals surface area contributed by atoms with Crippen LogP contribution in [0.15, 0.2) is 65.8 Å². The molecule has 1 heterocycles. The summed E-state index contributed by atoms with van der Waals surface area (Å²) in [6.07, 6.45) is 3.52. The molecule has 3 aromatic rings. The number of benzene rings is 2. The standard InChI is InChI=1S/C16H14N4O/c1-21-16-9-7-15(8-10-16)20-12-14(18-19-20)11-17-13-5-3-2-4-6-13/h2-12H,1H3. The van der Waals surface area contributed by atoms with E-state index in [1.807, 2.05) is 60.8 Å². The van der Waals surface area contributed by atoms with Crippen LogP contribution in [0.5, 0.6) is 5.75 Å². The second kappa shape index (κ2) is 6.00. The van der Waals surface area contributed by atoms with Gasteiger partial charge in [0.2, 0.25) is 0 Å². The van der Waals surface area contributed by atoms with Crippen LogP contribution in [0.3, 0.4) is 0 Å². The van der Waals surface area contributed by atoms with E-state index in [1.165, 1.54) is 0 Å². The number of nitrogens with zero attached hydrogens (tertiary/aromatic N) is 4. The summed E-state index contributed by atoms with van der Waals surface area (Å²) in [5.41, 5.74) is 2.51. The molecule has 0 saturated carbocycles. The van der Waals surface area contributed by atoms with Gasteiger partial charge in [-0.05, 0) is 36.4 Å². The van der Waals surface area contributed by atoms with Gasteiger partial charge in [0.05, 0.1) is 30.9 Å². The molecule has 0 fully saturated rings. The fourth-order valence-electron chi connectivity index (χ4n) is 1.85. The summed E-state index contributed by atoms with van der Waals surface area (Å²) in [6.45, 7) is 0. The Hall–Kier alpha value is -2.95. The van der Waals surface area contributed by atoms with Crippen molar-refractivity contribution in [1.29, 1.82) is 0 Å². The Morgan fingerprint density at radius 2 is 1.81 bits per heavy atom. The average molecular weight is 278 g/mol. The molecule has 3 rings (SSSR count). The predicted octanol–water partition coefficient (Wildman–Crippen LogP) is 3.03. The molecule has 0 atom stereocenters. The summed E-state index contributed by atoms with van der Waals surface area (Å²) in [5.74, 6) is 0.810. The number of hydrogen-bond donors (Lipinski definition) is 0. The summed E-state index contributed by atoms with van der Waals surface area (Å²) in [6, 6.07) is 17.3. The maximum atomic E-state index is 5.13. The topological polar surface area (TPSA) is 52.3 Å². The summed E-state index contributed by atoms with van der Waals surface area (Å²) in [5, 5.41) is 8.17. The van der Waals surface area contributed by atoms with Gasteiger partial charge in [-0.1, -0.05) is 23.4 Å². The molecule has 2 aromatic carbocycles. The highest BCUT2D eigenvalue weighted by Crippen LogP contribution is 2.14. The first-order valence-electron chi connectivity index (χ1n) is 6.51. The average Bonchev–Trinajstić information content (AvgIpc) is 3.03. The number of para-hydroxylation sites is 1. The van der Waals surface area contributed by atoms with E-state index < -0.39 is 0 Å². The molecule has 0 radical (unpaired) electrons. The number of methoxy groups -OCH3 is 1. The van der Waals surface area contributed by atoms with Crippen molar-refractivity contribution in [2.45, 2.75) is 0 Å². The van der Waals surface area contributed by atoms with Crippen LogP contribution in [0.1, 0.15) is 5.69 Å². The molecule has 0 amide bonds. The molecule has 0 bridgehead atoms. The smallest absolute Gasteiger partial charge is 0.124 e. The molecular formula is C16H14N4O. The number of hydrogen-bond acceptors (Lipinski definition) is 4. The third-order valence-electron chi connectivity index (χ3n) is 2.95. The van der Waals surface area contributed by atoms with E-state index in [9.17, 15) is 0 Å². The van der Waals surface area contributed by atoms with Crippen LogP contribution in [0.4, 0.5) is 5.69 Å². The lowest BCUT2D eigenvalue weighted by molar-refractivity contribution is 0.414. The van der Waals surface area contributed by atoms with Gasteiger partial charge in [0.1, 0.15) is 11.4 Å². The largest absolute Gasteiger partial charge is 0.497 e. The monoisotopic (exact) mass is 278 g/mol. The molecule has 21 heavy (non-hydrogen) atoms. The minimum absolute atomic E-state index is 0.703. The van der Waals surface area contributed by atoms with Crippen LogP contribution < -0.4 is 4.74 Å². The van der Waals surface area contributed by atoms with Gasteiger partial charge < -0.3 is 4.74 Å². The van der Waals surface area contributed by atoms with Gasteiger partial charge in [0.15, 0.2) is 0 Å². The second-order valence-electron chi connectivity index (χ2n) is 4.38. The van der Waals surface area contributed by atoms with Crippen molar-refractivity contribution < 1.29 is 4.74 Å². The first-order chi connectivity index (χ1) is 10.3. The summed E-state index contributed by atoms with van der Waals surface area (Å²) < 4.78 is 6.83. The quantitative estimate of drug-likeness (QED) is 0.689. The number of ether oxygens (including phenoxy) is 1. The zero-order valence-electron chi connectivity index (χ0n) is 11.5. The third kappa shape index (κ3) is 3.14. The lowest BCUT2D eigenvalue weighted by Crippen LogP contribution is -1.94. The van der Waals surface area contributed by atoms with Crippen LogP contribution in [-0.4, -0.2) is 28.3 Å². The summed E-state index contributed by atoms with van der Waals surface area (Å²) in [7, 11) is 1.64. The van der Waals surface area contributed by atoms with Gasteiger partial charge >= 0.3 is 0 Å². The Balaban J connectivity index is 1.78. The van der Waals surface area contributed by atoms with Crippen molar-refractivity contribution in [2.24, 2.45) is 4.99 Å². The van der Waals surface area contributed by atoms with E-state index >= 15 is 0 Å². The molecule has 0 saturated heterocycles. The zero-order chi connectivity index (χ0) is 14.5. The lowest BCUT2D eigenvalue weighted by Gasteiger charge is -2.01. The van der Waals surface area contributed by atoms with Gasteiger partial charge in [-0.15, -0.1) is 5.10 Å². The van der Waals surface area contributed by atoms with E-state index in [0.717, 1.165) is 17.1 Å². The molecule has 1 aromatic heterocycles. The predicted molar refractivity (Wildman–Crippen MR) is 81.6 cm³/mol. The maximum Gasteiger partial charge on any atom is 0.124 e.